The molecule has 4 aromatic rings. The second-order valence-corrected chi connectivity index (χ2v) is 7.66. The van der Waals surface area contributed by atoms with E-state index in [1.54, 1.807) is 12.5 Å². The minimum Gasteiger partial charge on any atom is -0.348 e. The number of hydrogen-bond acceptors (Lipinski definition) is 3. The molecule has 0 fully saturated rings. The third-order valence-electron chi connectivity index (χ3n) is 5.14. The molecule has 1 aromatic heterocycles. The van der Waals surface area contributed by atoms with E-state index < -0.39 is 17.6 Å². The van der Waals surface area contributed by atoms with Crippen molar-refractivity contribution < 1.29 is 18.0 Å². The first-order valence-electron chi connectivity index (χ1n) is 10.8. The van der Waals surface area contributed by atoms with Crippen LogP contribution in [-0.2, 0) is 12.6 Å². The van der Waals surface area contributed by atoms with Crippen LogP contribution in [0.15, 0.2) is 96.4 Å². The monoisotopic (exact) mass is 477 g/mol. The molecule has 0 aliphatic carbocycles. The number of alkyl halides is 3. The smallest absolute Gasteiger partial charge is 0.348 e. The molecule has 0 saturated carbocycles. The summed E-state index contributed by atoms with van der Waals surface area (Å²) < 4.78 is 39.2. The summed E-state index contributed by atoms with van der Waals surface area (Å²) >= 11 is 0. The predicted octanol–water partition coefficient (Wildman–Crippen LogP) is 5.54. The number of aliphatic imine (C=N–C) groups is 1. The number of anilines is 1. The van der Waals surface area contributed by atoms with Crippen LogP contribution in [0.1, 0.15) is 21.6 Å². The van der Waals surface area contributed by atoms with Crippen molar-refractivity contribution in [1.29, 1.82) is 0 Å². The molecule has 0 atom stereocenters. The van der Waals surface area contributed by atoms with Gasteiger partial charge in [0.15, 0.2) is 0 Å². The van der Waals surface area contributed by atoms with Gasteiger partial charge in [0, 0.05) is 36.1 Å². The Morgan fingerprint density at radius 3 is 2.37 bits per heavy atom. The summed E-state index contributed by atoms with van der Waals surface area (Å²) in [5.41, 5.74) is 2.58. The van der Waals surface area contributed by atoms with E-state index in [1.165, 1.54) is 12.1 Å². The molecule has 9 heteroatoms. The summed E-state index contributed by atoms with van der Waals surface area (Å²) in [6.45, 7) is 0.315. The molecule has 178 valence electrons. The Bertz CT molecular complexity index is 1280. The van der Waals surface area contributed by atoms with E-state index in [9.17, 15) is 18.0 Å². The Balaban J connectivity index is 1.51. The maximum absolute atomic E-state index is 13.1. The number of carbonyl (C=O) groups excluding carboxylic acids is 1. The average molecular weight is 477 g/mol. The standard InChI is InChI=1S/C26H22F3N5O/c27-26(28,29)21-8-4-7-20(15-21)24(35)34-25(31-14-13-23-16-30-17-32-23)33-22-11-9-19(10-12-22)18-5-2-1-3-6-18/h1-12,15-17H,13-14H2,(H,30,32)(H2,31,33,34,35). The Hall–Kier alpha value is -4.40. The molecule has 1 amide bonds. The van der Waals surface area contributed by atoms with Crippen molar-refractivity contribution >= 4 is 17.6 Å². The number of rotatable bonds is 6. The fraction of sp³-hybridized carbons (Fsp3) is 0.115. The van der Waals surface area contributed by atoms with E-state index in [2.05, 4.69) is 25.6 Å². The summed E-state index contributed by atoms with van der Waals surface area (Å²) in [6, 6.07) is 21.6. The van der Waals surface area contributed by atoms with E-state index in [4.69, 9.17) is 0 Å². The van der Waals surface area contributed by atoms with Crippen LogP contribution in [-0.4, -0.2) is 28.4 Å². The van der Waals surface area contributed by atoms with Crippen molar-refractivity contribution in [3.8, 4) is 11.1 Å². The van der Waals surface area contributed by atoms with Crippen LogP contribution in [0.25, 0.3) is 11.1 Å². The fourth-order valence-corrected chi connectivity index (χ4v) is 3.35. The Kier molecular flexibility index (Phi) is 7.25. The molecule has 0 aliphatic heterocycles. The van der Waals surface area contributed by atoms with Gasteiger partial charge in [-0.05, 0) is 41.5 Å². The number of aromatic nitrogens is 2. The summed E-state index contributed by atoms with van der Waals surface area (Å²) in [5.74, 6) is -0.579. The van der Waals surface area contributed by atoms with E-state index in [1.807, 2.05) is 54.6 Å². The second kappa shape index (κ2) is 10.7. The van der Waals surface area contributed by atoms with Gasteiger partial charge in [0.05, 0.1) is 11.9 Å². The minimum absolute atomic E-state index is 0.123. The summed E-state index contributed by atoms with van der Waals surface area (Å²) in [5, 5.41) is 5.65. The van der Waals surface area contributed by atoms with Gasteiger partial charge in [0.1, 0.15) is 0 Å². The van der Waals surface area contributed by atoms with Gasteiger partial charge in [-0.15, -0.1) is 0 Å². The summed E-state index contributed by atoms with van der Waals surface area (Å²) in [4.78, 5) is 24.1. The molecule has 35 heavy (non-hydrogen) atoms. The zero-order valence-electron chi connectivity index (χ0n) is 18.5. The lowest BCUT2D eigenvalue weighted by molar-refractivity contribution is -0.137. The second-order valence-electron chi connectivity index (χ2n) is 7.66. The molecule has 3 N–H and O–H groups in total. The number of benzene rings is 3. The van der Waals surface area contributed by atoms with Crippen molar-refractivity contribution in [3.05, 3.63) is 108 Å². The van der Waals surface area contributed by atoms with Crippen LogP contribution in [0.2, 0.25) is 0 Å². The number of nitrogens with zero attached hydrogens (tertiary/aromatic N) is 2. The third kappa shape index (κ3) is 6.57. The molecule has 1 heterocycles. The first-order valence-corrected chi connectivity index (χ1v) is 10.8. The van der Waals surface area contributed by atoms with Crippen LogP contribution in [0, 0.1) is 0 Å². The predicted molar refractivity (Wildman–Crippen MR) is 129 cm³/mol. The van der Waals surface area contributed by atoms with Crippen molar-refractivity contribution in [2.75, 3.05) is 11.9 Å². The van der Waals surface area contributed by atoms with Gasteiger partial charge in [-0.2, -0.15) is 13.2 Å². The normalized spacial score (nSPS) is 11.8. The highest BCUT2D eigenvalue weighted by Crippen LogP contribution is 2.29. The molecule has 0 radical (unpaired) electrons. The van der Waals surface area contributed by atoms with Gasteiger partial charge < -0.3 is 10.3 Å². The molecular formula is C26H22F3N5O. The van der Waals surface area contributed by atoms with Crippen LogP contribution in [0.3, 0.4) is 0 Å². The molecule has 0 bridgehead atoms. The molecule has 6 nitrogen and oxygen atoms in total. The molecule has 0 aliphatic rings. The number of nitrogens with one attached hydrogen (secondary N) is 3. The summed E-state index contributed by atoms with van der Waals surface area (Å²) in [7, 11) is 0. The highest BCUT2D eigenvalue weighted by molar-refractivity contribution is 6.10. The molecule has 0 saturated heterocycles. The van der Waals surface area contributed by atoms with Gasteiger partial charge in [-0.25, -0.2) is 4.98 Å². The highest BCUT2D eigenvalue weighted by atomic mass is 19.4. The first-order chi connectivity index (χ1) is 16.9. The lowest BCUT2D eigenvalue weighted by atomic mass is 10.1. The molecule has 3 aromatic carbocycles. The van der Waals surface area contributed by atoms with Crippen molar-refractivity contribution in [1.82, 2.24) is 15.3 Å². The van der Waals surface area contributed by atoms with Crippen molar-refractivity contribution in [2.24, 2.45) is 4.99 Å². The van der Waals surface area contributed by atoms with E-state index in [-0.39, 0.29) is 11.5 Å². The van der Waals surface area contributed by atoms with Crippen LogP contribution in [0.5, 0.6) is 0 Å². The lowest BCUT2D eigenvalue weighted by Crippen LogP contribution is -2.36. The number of carbonyl (C=O) groups is 1. The Morgan fingerprint density at radius 1 is 0.943 bits per heavy atom. The van der Waals surface area contributed by atoms with Crippen molar-refractivity contribution in [2.45, 2.75) is 12.6 Å². The SMILES string of the molecule is O=C(NC(=NCCc1cnc[nH]1)Nc1ccc(-c2ccccc2)cc1)c1cccc(C(F)(F)F)c1. The summed E-state index contributed by atoms with van der Waals surface area (Å²) in [6.07, 6.45) is -0.776. The number of imidazole rings is 1. The number of hydrogen-bond donors (Lipinski definition) is 3. The third-order valence-corrected chi connectivity index (χ3v) is 5.14. The zero-order valence-corrected chi connectivity index (χ0v) is 18.5. The minimum atomic E-state index is -4.55. The molecule has 0 spiro atoms. The number of aromatic amines is 1. The number of halogens is 3. The maximum atomic E-state index is 13.1. The van der Waals surface area contributed by atoms with Gasteiger partial charge in [0.25, 0.3) is 5.91 Å². The molecule has 0 unspecified atom stereocenters. The highest BCUT2D eigenvalue weighted by Gasteiger charge is 2.31. The van der Waals surface area contributed by atoms with Crippen LogP contribution >= 0.6 is 0 Å². The Morgan fingerprint density at radius 2 is 1.69 bits per heavy atom. The number of guanidine groups is 1. The lowest BCUT2D eigenvalue weighted by Gasteiger charge is -2.13. The first kappa shape index (κ1) is 23.7. The van der Waals surface area contributed by atoms with Crippen LogP contribution < -0.4 is 10.6 Å². The molecule has 4 rings (SSSR count). The number of amides is 1. The van der Waals surface area contributed by atoms with E-state index in [0.717, 1.165) is 29.0 Å². The van der Waals surface area contributed by atoms with Crippen LogP contribution in [0.4, 0.5) is 18.9 Å². The average Bonchev–Trinajstić information content (AvgIpc) is 3.38. The van der Waals surface area contributed by atoms with Gasteiger partial charge in [-0.1, -0.05) is 48.5 Å². The maximum Gasteiger partial charge on any atom is 0.416 e. The largest absolute Gasteiger partial charge is 0.416 e. The quantitative estimate of drug-likeness (QED) is 0.252. The fourth-order valence-electron chi connectivity index (χ4n) is 3.35. The van der Waals surface area contributed by atoms with Gasteiger partial charge >= 0.3 is 6.18 Å². The topological polar surface area (TPSA) is 82.2 Å². The van der Waals surface area contributed by atoms with Crippen molar-refractivity contribution in [3.63, 3.8) is 0 Å². The number of H-pyrrole nitrogens is 1. The van der Waals surface area contributed by atoms with E-state index in [0.29, 0.717) is 18.7 Å². The zero-order chi connectivity index (χ0) is 24.7. The molecular weight excluding hydrogens is 455 g/mol. The van der Waals surface area contributed by atoms with E-state index >= 15 is 0 Å². The van der Waals surface area contributed by atoms with Gasteiger partial charge in [0.2, 0.25) is 5.96 Å². The van der Waals surface area contributed by atoms with Gasteiger partial charge in [-0.3, -0.25) is 15.1 Å². The Labute approximate surface area is 200 Å².